The highest BCUT2D eigenvalue weighted by Crippen LogP contribution is 2.21. The summed E-state index contributed by atoms with van der Waals surface area (Å²) in [4.78, 5) is 11.8. The van der Waals surface area contributed by atoms with Gasteiger partial charge in [-0.05, 0) is 38.0 Å². The van der Waals surface area contributed by atoms with Crippen molar-refractivity contribution in [3.63, 3.8) is 0 Å². The molecule has 0 aliphatic rings. The summed E-state index contributed by atoms with van der Waals surface area (Å²) in [7, 11) is 0. The molecule has 1 aromatic heterocycles. The van der Waals surface area contributed by atoms with E-state index in [1.165, 1.54) is 0 Å². The van der Waals surface area contributed by atoms with E-state index in [4.69, 9.17) is 4.42 Å². The van der Waals surface area contributed by atoms with Gasteiger partial charge >= 0.3 is 5.63 Å². The lowest BCUT2D eigenvalue weighted by atomic mass is 10.0. The van der Waals surface area contributed by atoms with Crippen molar-refractivity contribution in [2.24, 2.45) is 0 Å². The summed E-state index contributed by atoms with van der Waals surface area (Å²) in [6.07, 6.45) is 0. The molecule has 1 N–H and O–H groups in total. The Bertz CT molecular complexity index is 611. The lowest BCUT2D eigenvalue weighted by Crippen LogP contribution is -2.10. The van der Waals surface area contributed by atoms with Crippen LogP contribution in [0.15, 0.2) is 33.5 Å². The van der Waals surface area contributed by atoms with Gasteiger partial charge in [0, 0.05) is 28.7 Å². The van der Waals surface area contributed by atoms with Crippen molar-refractivity contribution in [1.29, 1.82) is 0 Å². The van der Waals surface area contributed by atoms with E-state index in [1.807, 2.05) is 38.1 Å². The molecule has 2 aromatic rings. The molecule has 1 aromatic carbocycles. The predicted octanol–water partition coefficient (Wildman–Crippen LogP) is 3.74. The fourth-order valence-corrected chi connectivity index (χ4v) is 1.95. The lowest BCUT2D eigenvalue weighted by molar-refractivity contribution is 0.544. The molecule has 3 heteroatoms. The zero-order valence-corrected chi connectivity index (χ0v) is 11.3. The molecule has 18 heavy (non-hydrogen) atoms. The van der Waals surface area contributed by atoms with Crippen molar-refractivity contribution in [3.05, 3.63) is 40.2 Å². The molecule has 0 aliphatic carbocycles. The second kappa shape index (κ2) is 4.84. The largest absolute Gasteiger partial charge is 0.422 e. The van der Waals surface area contributed by atoms with Crippen molar-refractivity contribution >= 4 is 16.7 Å². The minimum absolute atomic E-state index is 0.180. The minimum Gasteiger partial charge on any atom is -0.422 e. The van der Waals surface area contributed by atoms with E-state index in [9.17, 15) is 4.79 Å². The van der Waals surface area contributed by atoms with E-state index in [0.29, 0.717) is 11.6 Å². The number of nitrogens with one attached hydrogen (secondary N) is 1. The van der Waals surface area contributed by atoms with Crippen molar-refractivity contribution in [2.75, 3.05) is 5.32 Å². The van der Waals surface area contributed by atoms with E-state index in [-0.39, 0.29) is 11.5 Å². The van der Waals surface area contributed by atoms with Crippen LogP contribution in [0.3, 0.4) is 0 Å². The second-order valence-corrected chi connectivity index (χ2v) is 5.20. The quantitative estimate of drug-likeness (QED) is 0.838. The summed E-state index contributed by atoms with van der Waals surface area (Å²) < 4.78 is 5.38. The number of fused-ring (bicyclic) bond motifs is 1. The van der Waals surface area contributed by atoms with Crippen molar-refractivity contribution < 1.29 is 4.42 Å². The second-order valence-electron chi connectivity index (χ2n) is 5.20. The fourth-order valence-electron chi connectivity index (χ4n) is 1.95. The van der Waals surface area contributed by atoms with Crippen LogP contribution < -0.4 is 10.9 Å². The summed E-state index contributed by atoms with van der Waals surface area (Å²) in [5.74, 6) is 0.180. The summed E-state index contributed by atoms with van der Waals surface area (Å²) in [6.45, 7) is 8.13. The maximum Gasteiger partial charge on any atom is 0.339 e. The highest BCUT2D eigenvalue weighted by atomic mass is 16.4. The third-order valence-electron chi connectivity index (χ3n) is 2.84. The standard InChI is InChI=1S/C15H19NO2/c1-9(2)13-7-11-5-6-12(16-10(3)4)8-14(11)18-15(13)17/h5-10,16H,1-4H3. The Morgan fingerprint density at radius 2 is 1.83 bits per heavy atom. The number of anilines is 1. The van der Waals surface area contributed by atoms with Crippen molar-refractivity contribution in [1.82, 2.24) is 0 Å². The zero-order chi connectivity index (χ0) is 13.3. The average molecular weight is 245 g/mol. The number of rotatable bonds is 3. The molecule has 0 radical (unpaired) electrons. The van der Waals surface area contributed by atoms with E-state index in [0.717, 1.165) is 16.6 Å². The minimum atomic E-state index is -0.237. The fraction of sp³-hybridized carbons (Fsp3) is 0.400. The average Bonchev–Trinajstić information content (AvgIpc) is 2.26. The SMILES string of the molecule is CC(C)Nc1ccc2cc(C(C)C)c(=O)oc2c1. The normalized spacial score (nSPS) is 11.4. The molecule has 0 atom stereocenters. The van der Waals surface area contributed by atoms with Gasteiger partial charge in [-0.3, -0.25) is 0 Å². The van der Waals surface area contributed by atoms with Crippen LogP contribution in [-0.2, 0) is 0 Å². The molecule has 0 aliphatic heterocycles. The van der Waals surface area contributed by atoms with Gasteiger partial charge in [0.25, 0.3) is 0 Å². The molecule has 0 fully saturated rings. The maximum atomic E-state index is 11.8. The van der Waals surface area contributed by atoms with E-state index < -0.39 is 0 Å². The molecule has 96 valence electrons. The van der Waals surface area contributed by atoms with Crippen LogP contribution in [0.2, 0.25) is 0 Å². The zero-order valence-electron chi connectivity index (χ0n) is 11.3. The number of benzene rings is 1. The van der Waals surface area contributed by atoms with Gasteiger partial charge in [-0.25, -0.2) is 4.79 Å². The first kappa shape index (κ1) is 12.7. The summed E-state index contributed by atoms with van der Waals surface area (Å²) >= 11 is 0. The van der Waals surface area contributed by atoms with E-state index in [2.05, 4.69) is 19.2 Å². The molecular formula is C15H19NO2. The smallest absolute Gasteiger partial charge is 0.339 e. The predicted molar refractivity (Wildman–Crippen MR) is 75.3 cm³/mol. The van der Waals surface area contributed by atoms with Crippen LogP contribution in [0.25, 0.3) is 11.0 Å². The molecule has 0 saturated heterocycles. The third-order valence-corrected chi connectivity index (χ3v) is 2.84. The van der Waals surface area contributed by atoms with Crippen LogP contribution in [0, 0.1) is 0 Å². The van der Waals surface area contributed by atoms with Gasteiger partial charge in [0.2, 0.25) is 0 Å². The van der Waals surface area contributed by atoms with Crippen LogP contribution in [-0.4, -0.2) is 6.04 Å². The molecule has 2 rings (SSSR count). The van der Waals surface area contributed by atoms with Gasteiger partial charge in [-0.15, -0.1) is 0 Å². The molecule has 0 bridgehead atoms. The van der Waals surface area contributed by atoms with Crippen LogP contribution >= 0.6 is 0 Å². The van der Waals surface area contributed by atoms with Crippen LogP contribution in [0.4, 0.5) is 5.69 Å². The Morgan fingerprint density at radius 1 is 1.11 bits per heavy atom. The lowest BCUT2D eigenvalue weighted by Gasteiger charge is -2.11. The molecular weight excluding hydrogens is 226 g/mol. The molecule has 3 nitrogen and oxygen atoms in total. The highest BCUT2D eigenvalue weighted by molar-refractivity contribution is 5.80. The highest BCUT2D eigenvalue weighted by Gasteiger charge is 2.09. The van der Waals surface area contributed by atoms with Crippen LogP contribution in [0.1, 0.15) is 39.2 Å². The van der Waals surface area contributed by atoms with Crippen molar-refractivity contribution in [2.45, 2.75) is 39.7 Å². The van der Waals surface area contributed by atoms with Crippen LogP contribution in [0.5, 0.6) is 0 Å². The summed E-state index contributed by atoms with van der Waals surface area (Å²) in [5.41, 5.74) is 2.10. The molecule has 1 heterocycles. The summed E-state index contributed by atoms with van der Waals surface area (Å²) in [5, 5.41) is 4.26. The third kappa shape index (κ3) is 2.55. The Kier molecular flexibility index (Phi) is 3.41. The Balaban J connectivity index is 2.52. The molecule has 0 amide bonds. The number of hydrogen-bond acceptors (Lipinski definition) is 3. The van der Waals surface area contributed by atoms with Gasteiger partial charge in [0.1, 0.15) is 5.58 Å². The summed E-state index contributed by atoms with van der Waals surface area (Å²) in [6, 6.07) is 8.14. The Labute approximate surface area is 107 Å². The van der Waals surface area contributed by atoms with Gasteiger partial charge < -0.3 is 9.73 Å². The van der Waals surface area contributed by atoms with Gasteiger partial charge in [0.05, 0.1) is 0 Å². The maximum absolute atomic E-state index is 11.8. The van der Waals surface area contributed by atoms with Gasteiger partial charge in [-0.1, -0.05) is 13.8 Å². The van der Waals surface area contributed by atoms with Crippen molar-refractivity contribution in [3.8, 4) is 0 Å². The number of hydrogen-bond donors (Lipinski definition) is 1. The molecule has 0 saturated carbocycles. The first-order valence-electron chi connectivity index (χ1n) is 6.31. The van der Waals surface area contributed by atoms with E-state index >= 15 is 0 Å². The van der Waals surface area contributed by atoms with Gasteiger partial charge in [0.15, 0.2) is 0 Å². The monoisotopic (exact) mass is 245 g/mol. The molecule has 0 unspecified atom stereocenters. The topological polar surface area (TPSA) is 42.2 Å². The van der Waals surface area contributed by atoms with E-state index in [1.54, 1.807) is 0 Å². The Morgan fingerprint density at radius 3 is 2.44 bits per heavy atom. The first-order valence-corrected chi connectivity index (χ1v) is 6.31. The molecule has 0 spiro atoms. The Hall–Kier alpha value is -1.77. The van der Waals surface area contributed by atoms with Gasteiger partial charge in [-0.2, -0.15) is 0 Å². The first-order chi connectivity index (χ1) is 8.47.